The number of benzene rings is 2. The minimum absolute atomic E-state index is 0. The molecule has 1 saturated carbocycles. The molecule has 124 valence electrons. The smallest absolute Gasteiger partial charge is 0.194 e. The third-order valence-electron chi connectivity index (χ3n) is 4.78. The number of hydrogen-bond acceptors (Lipinski definition) is 0. The third-order valence-corrected chi connectivity index (χ3v) is 4.78. The zero-order chi connectivity index (χ0) is 16.6. The monoisotopic (exact) mass is 324 g/mol. The van der Waals surface area contributed by atoms with Gasteiger partial charge in [-0.3, -0.25) is 0 Å². The van der Waals surface area contributed by atoms with Crippen LogP contribution in [0.25, 0.3) is 11.1 Å². The van der Waals surface area contributed by atoms with Crippen molar-refractivity contribution in [3.63, 3.8) is 0 Å². The van der Waals surface area contributed by atoms with Gasteiger partial charge in [-0.25, -0.2) is 17.6 Å². The predicted molar refractivity (Wildman–Crippen MR) is 84.2 cm³/mol. The van der Waals surface area contributed by atoms with Crippen molar-refractivity contribution in [1.82, 2.24) is 0 Å². The van der Waals surface area contributed by atoms with E-state index in [1.807, 2.05) is 0 Å². The highest BCUT2D eigenvalue weighted by Gasteiger charge is 2.21. The highest BCUT2D eigenvalue weighted by Crippen LogP contribution is 2.37. The number of hydrogen-bond donors (Lipinski definition) is 0. The van der Waals surface area contributed by atoms with Crippen LogP contribution in [0.1, 0.15) is 45.5 Å². The molecule has 0 aliphatic heterocycles. The normalized spacial score (nSPS) is 21.4. The minimum Gasteiger partial charge on any atom is -0.206 e. The lowest BCUT2D eigenvalue weighted by molar-refractivity contribution is 0.347. The van der Waals surface area contributed by atoms with Gasteiger partial charge in [0.2, 0.25) is 0 Å². The highest BCUT2D eigenvalue weighted by atomic mass is 19.2. The summed E-state index contributed by atoms with van der Waals surface area (Å²) in [4.78, 5) is 0. The van der Waals surface area contributed by atoms with E-state index >= 15 is 0 Å². The second-order valence-electron chi connectivity index (χ2n) is 6.45. The lowest BCUT2D eigenvalue weighted by Crippen LogP contribution is -2.11. The zero-order valence-electron chi connectivity index (χ0n) is 12.9. The molecule has 0 unspecified atom stereocenters. The Morgan fingerprint density at radius 3 is 2.00 bits per heavy atom. The molecule has 1 aliphatic rings. The summed E-state index contributed by atoms with van der Waals surface area (Å²) in [5.74, 6) is -3.67. The maximum absolute atomic E-state index is 14.4. The van der Waals surface area contributed by atoms with Gasteiger partial charge in [0.15, 0.2) is 17.5 Å². The first-order chi connectivity index (χ1) is 11.0. The van der Waals surface area contributed by atoms with Crippen LogP contribution in [0.5, 0.6) is 0 Å². The molecule has 0 amide bonds. The Morgan fingerprint density at radius 2 is 1.43 bits per heavy atom. The molecule has 2 aromatic rings. The second-order valence-corrected chi connectivity index (χ2v) is 6.45. The van der Waals surface area contributed by atoms with Crippen LogP contribution in [-0.4, -0.2) is 0 Å². The van der Waals surface area contributed by atoms with E-state index in [2.05, 4.69) is 6.92 Å². The Kier molecular flexibility index (Phi) is 4.42. The molecule has 0 aromatic heterocycles. The fourth-order valence-electron chi connectivity index (χ4n) is 3.32. The molecular formula is C19H20F4. The van der Waals surface area contributed by atoms with Gasteiger partial charge in [0, 0.05) is 6.99 Å². The summed E-state index contributed by atoms with van der Waals surface area (Å²) in [5.41, 5.74) is 1.000. The van der Waals surface area contributed by atoms with Crippen molar-refractivity contribution in [3.05, 3.63) is 59.2 Å². The Labute approximate surface area is 134 Å². The van der Waals surface area contributed by atoms with Crippen molar-refractivity contribution in [2.75, 3.05) is 0 Å². The van der Waals surface area contributed by atoms with Crippen LogP contribution in [0, 0.1) is 29.2 Å². The average molecular weight is 324 g/mol. The summed E-state index contributed by atoms with van der Waals surface area (Å²) in [6, 6.07) is 6.40. The molecule has 23 heavy (non-hydrogen) atoms. The minimum atomic E-state index is -1.54. The van der Waals surface area contributed by atoms with E-state index in [0.29, 0.717) is 11.8 Å². The van der Waals surface area contributed by atoms with Crippen LogP contribution in [0.3, 0.4) is 0 Å². The third kappa shape index (κ3) is 3.26. The fourth-order valence-corrected chi connectivity index (χ4v) is 3.32. The van der Waals surface area contributed by atoms with Crippen molar-refractivity contribution < 1.29 is 19.0 Å². The summed E-state index contributed by atoms with van der Waals surface area (Å²) in [6.45, 7) is 2.22. The van der Waals surface area contributed by atoms with E-state index in [9.17, 15) is 17.6 Å². The van der Waals surface area contributed by atoms with Crippen LogP contribution in [0.4, 0.5) is 17.6 Å². The van der Waals surface area contributed by atoms with Gasteiger partial charge in [-0.1, -0.05) is 31.9 Å². The Morgan fingerprint density at radius 1 is 0.826 bits per heavy atom. The fraction of sp³-hybridized carbons (Fsp3) is 0.368. The molecule has 0 bridgehead atoms. The van der Waals surface area contributed by atoms with Gasteiger partial charge >= 0.3 is 0 Å². The molecule has 0 radical (unpaired) electrons. The Hall–Kier alpha value is -1.84. The Bertz CT molecular complexity index is 698. The SMILES string of the molecule is CC1CCC(c2ccc(-c3cc(F)c(F)c(F)c3)c(F)c2)CC1.[HH]. The summed E-state index contributed by atoms with van der Waals surface area (Å²) in [6.07, 6.45) is 4.31. The Balaban J connectivity index is 0.00000208. The lowest BCUT2D eigenvalue weighted by Gasteiger charge is -2.26. The summed E-state index contributed by atoms with van der Waals surface area (Å²) in [7, 11) is 0. The summed E-state index contributed by atoms with van der Waals surface area (Å²) in [5, 5.41) is 0. The van der Waals surface area contributed by atoms with E-state index in [-0.39, 0.29) is 12.6 Å². The van der Waals surface area contributed by atoms with Crippen molar-refractivity contribution in [1.29, 1.82) is 0 Å². The topological polar surface area (TPSA) is 0 Å². The highest BCUT2D eigenvalue weighted by molar-refractivity contribution is 5.65. The van der Waals surface area contributed by atoms with Crippen LogP contribution >= 0.6 is 0 Å². The molecule has 1 aliphatic carbocycles. The van der Waals surface area contributed by atoms with E-state index in [4.69, 9.17) is 0 Å². The molecule has 0 N–H and O–H groups in total. The molecule has 0 nitrogen and oxygen atoms in total. The molecule has 1 fully saturated rings. The van der Waals surface area contributed by atoms with Gasteiger partial charge in [0.05, 0.1) is 0 Å². The first kappa shape index (κ1) is 16.0. The molecule has 2 aromatic carbocycles. The van der Waals surface area contributed by atoms with Gasteiger partial charge in [-0.2, -0.15) is 0 Å². The van der Waals surface area contributed by atoms with Crippen LogP contribution in [0.15, 0.2) is 30.3 Å². The molecule has 0 saturated heterocycles. The maximum Gasteiger partial charge on any atom is 0.194 e. The molecule has 0 heterocycles. The maximum atomic E-state index is 14.4. The summed E-state index contributed by atoms with van der Waals surface area (Å²) >= 11 is 0. The van der Waals surface area contributed by atoms with Crippen LogP contribution < -0.4 is 0 Å². The number of rotatable bonds is 2. The molecule has 0 atom stereocenters. The standard InChI is InChI=1S/C19H18F4.H2/c1-11-2-4-12(5-3-11)13-6-7-15(16(20)8-13)14-9-17(21)19(23)18(22)10-14;/h6-12H,2-5H2,1H3;1H. The van der Waals surface area contributed by atoms with Crippen molar-refractivity contribution in [3.8, 4) is 11.1 Å². The van der Waals surface area contributed by atoms with E-state index in [1.54, 1.807) is 6.07 Å². The van der Waals surface area contributed by atoms with E-state index in [1.165, 1.54) is 12.1 Å². The lowest BCUT2D eigenvalue weighted by atomic mass is 9.79. The number of halogens is 4. The zero-order valence-corrected chi connectivity index (χ0v) is 12.9. The van der Waals surface area contributed by atoms with Crippen molar-refractivity contribution >= 4 is 0 Å². The molecule has 4 heteroatoms. The first-order valence-corrected chi connectivity index (χ1v) is 7.90. The van der Waals surface area contributed by atoms with Gasteiger partial charge in [0.1, 0.15) is 5.82 Å². The van der Waals surface area contributed by atoms with Crippen molar-refractivity contribution in [2.45, 2.75) is 38.5 Å². The predicted octanol–water partition coefficient (Wildman–Crippen LogP) is 6.45. The quantitative estimate of drug-likeness (QED) is 0.440. The average Bonchev–Trinajstić information content (AvgIpc) is 2.53. The van der Waals surface area contributed by atoms with Gasteiger partial charge in [-0.05, 0) is 54.0 Å². The largest absolute Gasteiger partial charge is 0.206 e. The molecular weight excluding hydrogens is 304 g/mol. The van der Waals surface area contributed by atoms with Gasteiger partial charge in [0.25, 0.3) is 0 Å². The van der Waals surface area contributed by atoms with Gasteiger partial charge in [-0.15, -0.1) is 0 Å². The second kappa shape index (κ2) is 6.34. The first-order valence-electron chi connectivity index (χ1n) is 7.90. The van der Waals surface area contributed by atoms with Crippen molar-refractivity contribution in [2.24, 2.45) is 5.92 Å². The van der Waals surface area contributed by atoms with Gasteiger partial charge < -0.3 is 0 Å². The summed E-state index contributed by atoms with van der Waals surface area (Å²) < 4.78 is 54.1. The van der Waals surface area contributed by atoms with Crippen LogP contribution in [-0.2, 0) is 0 Å². The molecule has 0 spiro atoms. The van der Waals surface area contributed by atoms with Crippen LogP contribution in [0.2, 0.25) is 0 Å². The molecule has 3 rings (SSSR count). The van der Waals surface area contributed by atoms with E-state index in [0.717, 1.165) is 43.4 Å². The van der Waals surface area contributed by atoms with E-state index < -0.39 is 23.3 Å².